The fraction of sp³-hybridized carbons (Fsp3) is 0.350. The Bertz CT molecular complexity index is 752. The van der Waals surface area contributed by atoms with E-state index in [1.165, 1.54) is 0 Å². The summed E-state index contributed by atoms with van der Waals surface area (Å²) in [4.78, 5) is 11.2. The Morgan fingerprint density at radius 3 is 2.00 bits per heavy atom. The van der Waals surface area contributed by atoms with E-state index in [1.54, 1.807) is 19.2 Å². The van der Waals surface area contributed by atoms with Gasteiger partial charge in [-0.2, -0.15) is 0 Å². The van der Waals surface area contributed by atoms with E-state index >= 15 is 0 Å². The Morgan fingerprint density at radius 1 is 1.04 bits per heavy atom. The number of phenolic OH excluding ortho intramolecular Hbond substituents is 1. The first-order valence-electron chi connectivity index (χ1n) is 8.21. The van der Waals surface area contributed by atoms with Crippen molar-refractivity contribution in [3.63, 3.8) is 0 Å². The number of carboxylic acids is 1. The molecule has 1 atom stereocenters. The highest BCUT2D eigenvalue weighted by molar-refractivity contribution is 5.74. The molecule has 0 fully saturated rings. The highest BCUT2D eigenvalue weighted by Gasteiger charge is 2.17. The van der Waals surface area contributed by atoms with E-state index in [-0.39, 0.29) is 5.75 Å². The minimum atomic E-state index is -0.867. The number of carboxylic acid groups (broad SMARTS) is 1. The summed E-state index contributed by atoms with van der Waals surface area (Å²) in [5.74, 6) is 0.839. The molecule has 1 unspecified atom stereocenters. The lowest BCUT2D eigenvalue weighted by atomic mass is 10.00. The van der Waals surface area contributed by atoms with Gasteiger partial charge in [0.15, 0.2) is 0 Å². The number of likely N-dealkylation sites (N-methyl/N-ethyl adjacent to an activating group) is 1. The van der Waals surface area contributed by atoms with E-state index in [1.807, 2.05) is 39.8 Å². The van der Waals surface area contributed by atoms with Gasteiger partial charge in [-0.05, 0) is 81.1 Å². The first-order chi connectivity index (χ1) is 11.7. The maximum atomic E-state index is 11.2. The third kappa shape index (κ3) is 4.31. The largest absolute Gasteiger partial charge is 0.507 e. The molecule has 2 aromatic rings. The van der Waals surface area contributed by atoms with Gasteiger partial charge in [-0.15, -0.1) is 0 Å². The molecule has 2 rings (SSSR count). The van der Waals surface area contributed by atoms with Crippen LogP contribution in [0, 0.1) is 27.7 Å². The average molecular weight is 343 g/mol. The molecule has 0 amide bonds. The molecular weight excluding hydrogens is 318 g/mol. The monoisotopic (exact) mass is 343 g/mol. The summed E-state index contributed by atoms with van der Waals surface area (Å²) in [6.07, 6.45) is 0.408. The molecule has 2 aromatic carbocycles. The third-order valence-electron chi connectivity index (χ3n) is 4.29. The number of ether oxygens (including phenoxy) is 1. The molecule has 0 saturated heterocycles. The molecular formula is C20H25NO4. The van der Waals surface area contributed by atoms with E-state index in [0.717, 1.165) is 33.6 Å². The van der Waals surface area contributed by atoms with Crippen LogP contribution in [0.3, 0.4) is 0 Å². The van der Waals surface area contributed by atoms with Crippen molar-refractivity contribution in [1.29, 1.82) is 0 Å². The molecule has 0 aliphatic carbocycles. The maximum absolute atomic E-state index is 11.2. The van der Waals surface area contributed by atoms with Gasteiger partial charge in [0.05, 0.1) is 0 Å². The van der Waals surface area contributed by atoms with Crippen LogP contribution in [0.1, 0.15) is 27.8 Å². The van der Waals surface area contributed by atoms with Crippen molar-refractivity contribution in [2.45, 2.75) is 40.2 Å². The molecule has 0 bridgehead atoms. The van der Waals surface area contributed by atoms with Crippen molar-refractivity contribution in [2.75, 3.05) is 7.05 Å². The van der Waals surface area contributed by atoms with Crippen molar-refractivity contribution < 1.29 is 19.7 Å². The van der Waals surface area contributed by atoms with Gasteiger partial charge in [-0.3, -0.25) is 4.79 Å². The van der Waals surface area contributed by atoms with Gasteiger partial charge in [0.25, 0.3) is 0 Å². The van der Waals surface area contributed by atoms with Crippen molar-refractivity contribution in [1.82, 2.24) is 5.32 Å². The van der Waals surface area contributed by atoms with Crippen molar-refractivity contribution in [3.8, 4) is 17.2 Å². The zero-order valence-electron chi connectivity index (χ0n) is 15.3. The van der Waals surface area contributed by atoms with Crippen LogP contribution in [0.2, 0.25) is 0 Å². The van der Waals surface area contributed by atoms with Crippen LogP contribution in [-0.4, -0.2) is 29.3 Å². The highest BCUT2D eigenvalue weighted by atomic mass is 16.5. The Labute approximate surface area is 148 Å². The molecule has 0 aliphatic heterocycles. The molecule has 134 valence electrons. The fourth-order valence-corrected chi connectivity index (χ4v) is 2.96. The van der Waals surface area contributed by atoms with Gasteiger partial charge >= 0.3 is 5.97 Å². The quantitative estimate of drug-likeness (QED) is 0.746. The van der Waals surface area contributed by atoms with Crippen LogP contribution in [0.25, 0.3) is 0 Å². The van der Waals surface area contributed by atoms with E-state index < -0.39 is 12.0 Å². The average Bonchev–Trinajstić information content (AvgIpc) is 2.53. The number of aliphatic carboxylic acids is 1. The number of aryl methyl sites for hydroxylation is 4. The number of phenols is 1. The van der Waals surface area contributed by atoms with E-state index in [4.69, 9.17) is 4.74 Å². The number of hydrogen-bond acceptors (Lipinski definition) is 4. The molecule has 0 spiro atoms. The first-order valence-corrected chi connectivity index (χ1v) is 8.21. The number of rotatable bonds is 6. The molecule has 25 heavy (non-hydrogen) atoms. The second-order valence-corrected chi connectivity index (χ2v) is 6.45. The van der Waals surface area contributed by atoms with Crippen LogP contribution in [0.4, 0.5) is 0 Å². The molecule has 0 radical (unpaired) electrons. The van der Waals surface area contributed by atoms with E-state index in [0.29, 0.717) is 12.2 Å². The second kappa shape index (κ2) is 7.57. The van der Waals surface area contributed by atoms with Crippen LogP contribution < -0.4 is 10.1 Å². The zero-order valence-corrected chi connectivity index (χ0v) is 15.3. The Hall–Kier alpha value is -2.53. The normalized spacial score (nSPS) is 12.0. The van der Waals surface area contributed by atoms with Crippen LogP contribution >= 0.6 is 0 Å². The summed E-state index contributed by atoms with van der Waals surface area (Å²) in [5, 5.41) is 21.9. The highest BCUT2D eigenvalue weighted by Crippen LogP contribution is 2.33. The van der Waals surface area contributed by atoms with Gasteiger partial charge in [-0.25, -0.2) is 0 Å². The minimum Gasteiger partial charge on any atom is -0.507 e. The number of aromatic hydroxyl groups is 1. The number of benzene rings is 2. The number of hydrogen-bond donors (Lipinski definition) is 3. The van der Waals surface area contributed by atoms with E-state index in [2.05, 4.69) is 5.32 Å². The lowest BCUT2D eigenvalue weighted by Gasteiger charge is -2.17. The Kier molecular flexibility index (Phi) is 5.69. The van der Waals surface area contributed by atoms with Crippen LogP contribution in [-0.2, 0) is 11.2 Å². The van der Waals surface area contributed by atoms with E-state index in [9.17, 15) is 15.0 Å². The lowest BCUT2D eigenvalue weighted by molar-refractivity contribution is -0.139. The first kappa shape index (κ1) is 18.8. The summed E-state index contributed by atoms with van der Waals surface area (Å²) < 4.78 is 6.05. The predicted octanol–water partition coefficient (Wildman–Crippen LogP) is 3.63. The minimum absolute atomic E-state index is 0.280. The second-order valence-electron chi connectivity index (χ2n) is 6.45. The molecule has 0 heterocycles. The van der Waals surface area contributed by atoms with Gasteiger partial charge in [-0.1, -0.05) is 12.1 Å². The summed E-state index contributed by atoms with van der Waals surface area (Å²) in [6.45, 7) is 7.56. The summed E-state index contributed by atoms with van der Waals surface area (Å²) in [7, 11) is 1.64. The number of carbonyl (C=O) groups is 1. The summed E-state index contributed by atoms with van der Waals surface area (Å²) >= 11 is 0. The van der Waals surface area contributed by atoms with Crippen molar-refractivity contribution >= 4 is 5.97 Å². The SMILES string of the molecule is CNC(Cc1cc(C)c(Oc2cc(C)c(O)c(C)c2)c(C)c1)C(=O)O. The van der Waals surface area contributed by atoms with Gasteiger partial charge < -0.3 is 20.3 Å². The molecule has 0 saturated carbocycles. The summed E-state index contributed by atoms with van der Waals surface area (Å²) in [6, 6.07) is 6.89. The fourth-order valence-electron chi connectivity index (χ4n) is 2.96. The smallest absolute Gasteiger partial charge is 0.321 e. The van der Waals surface area contributed by atoms with Gasteiger partial charge in [0, 0.05) is 0 Å². The lowest BCUT2D eigenvalue weighted by Crippen LogP contribution is -2.35. The van der Waals surface area contributed by atoms with Gasteiger partial charge in [0.1, 0.15) is 23.3 Å². The molecule has 0 aromatic heterocycles. The molecule has 5 heteroatoms. The maximum Gasteiger partial charge on any atom is 0.321 e. The topological polar surface area (TPSA) is 78.8 Å². The van der Waals surface area contributed by atoms with Crippen molar-refractivity contribution in [3.05, 3.63) is 52.1 Å². The summed E-state index contributed by atoms with van der Waals surface area (Å²) in [5.41, 5.74) is 4.36. The standard InChI is InChI=1S/C20H25NO4/c1-11-8-16(9-12(2)18(11)22)25-19-13(3)6-15(7-14(19)4)10-17(21-5)20(23)24/h6-9,17,21-22H,10H2,1-5H3,(H,23,24). The molecule has 3 N–H and O–H groups in total. The van der Waals surface area contributed by atoms with Crippen molar-refractivity contribution in [2.24, 2.45) is 0 Å². The Morgan fingerprint density at radius 2 is 1.56 bits per heavy atom. The van der Waals surface area contributed by atoms with Crippen LogP contribution in [0.15, 0.2) is 24.3 Å². The Balaban J connectivity index is 2.30. The predicted molar refractivity (Wildman–Crippen MR) is 97.8 cm³/mol. The molecule has 0 aliphatic rings. The molecule has 5 nitrogen and oxygen atoms in total. The number of nitrogens with one attached hydrogen (secondary N) is 1. The zero-order chi connectivity index (χ0) is 18.7. The third-order valence-corrected chi connectivity index (χ3v) is 4.29. The van der Waals surface area contributed by atoms with Crippen LogP contribution in [0.5, 0.6) is 17.2 Å². The van der Waals surface area contributed by atoms with Gasteiger partial charge in [0.2, 0.25) is 0 Å².